The van der Waals surface area contributed by atoms with Crippen LogP contribution >= 0.6 is 8.60 Å². The maximum atomic E-state index is 11.6. The highest BCUT2D eigenvalue weighted by Gasteiger charge is 2.18. The maximum Gasteiger partial charge on any atom is 0.407 e. The summed E-state index contributed by atoms with van der Waals surface area (Å²) >= 11 is 0. The van der Waals surface area contributed by atoms with Crippen LogP contribution in [-0.4, -0.2) is 69.5 Å². The van der Waals surface area contributed by atoms with E-state index >= 15 is 0 Å². The molecule has 0 heterocycles. The van der Waals surface area contributed by atoms with E-state index in [1.807, 2.05) is 0 Å². The van der Waals surface area contributed by atoms with Gasteiger partial charge in [0.15, 0.2) is 0 Å². The number of amides is 1. The molecule has 204 valence electrons. The Hall–Kier alpha value is -0.460. The van der Waals surface area contributed by atoms with E-state index in [2.05, 4.69) is 33.4 Å². The molecule has 7 nitrogen and oxygen atoms in total. The van der Waals surface area contributed by atoms with E-state index < -0.39 is 14.7 Å². The first-order chi connectivity index (χ1) is 16.3. The van der Waals surface area contributed by atoms with Crippen molar-refractivity contribution in [1.82, 2.24) is 5.32 Å². The predicted molar refractivity (Wildman–Crippen MR) is 143 cm³/mol. The molecule has 0 saturated carbocycles. The van der Waals surface area contributed by atoms with Crippen molar-refractivity contribution < 1.29 is 28.0 Å². The van der Waals surface area contributed by atoms with Crippen LogP contribution in [0.3, 0.4) is 0 Å². The van der Waals surface area contributed by atoms with Crippen LogP contribution < -0.4 is 5.32 Å². The summed E-state index contributed by atoms with van der Waals surface area (Å²) in [4.78, 5) is 21.6. The van der Waals surface area contributed by atoms with Gasteiger partial charge in [0.05, 0.1) is 27.7 Å². The smallest absolute Gasteiger partial charge is 0.407 e. The third-order valence-electron chi connectivity index (χ3n) is 5.94. The molecule has 0 spiro atoms. The lowest BCUT2D eigenvalue weighted by atomic mass is 10.0. The molecular weight excluding hydrogens is 451 g/mol. The number of carbonyl (C=O) groups excluding carboxylic acids is 1. The quantitative estimate of drug-likeness (QED) is 0.0841. The second kappa shape index (κ2) is 23.0. The van der Waals surface area contributed by atoms with Crippen molar-refractivity contribution >= 4 is 14.7 Å². The van der Waals surface area contributed by atoms with E-state index in [1.165, 1.54) is 83.5 Å². The van der Waals surface area contributed by atoms with Crippen molar-refractivity contribution in [1.29, 1.82) is 0 Å². The molecule has 8 heteroatoms. The van der Waals surface area contributed by atoms with E-state index in [9.17, 15) is 9.69 Å². The van der Waals surface area contributed by atoms with Crippen LogP contribution in [-0.2, 0) is 13.8 Å². The second-order valence-corrected chi connectivity index (χ2v) is 11.4. The van der Waals surface area contributed by atoms with Gasteiger partial charge in [0, 0.05) is 7.05 Å². The summed E-state index contributed by atoms with van der Waals surface area (Å²) in [5, 5.41) is 2.48. The lowest BCUT2D eigenvalue weighted by Gasteiger charge is -2.24. The summed E-state index contributed by atoms with van der Waals surface area (Å²) in [6.07, 6.45) is 19.7. The molecule has 1 amide bonds. The highest BCUT2D eigenvalue weighted by molar-refractivity contribution is 7.40. The summed E-state index contributed by atoms with van der Waals surface area (Å²) in [6.45, 7) is 3.62. The number of hydrogen-bond donors (Lipinski definition) is 2. The lowest BCUT2D eigenvalue weighted by molar-refractivity contribution is -0.870. The van der Waals surface area contributed by atoms with Gasteiger partial charge in [-0.05, 0) is 12.8 Å². The third kappa shape index (κ3) is 24.7. The number of nitrogens with zero attached hydrogens (tertiary/aromatic N) is 1. The number of ether oxygens (including phenoxy) is 1. The maximum absolute atomic E-state index is 11.6. The van der Waals surface area contributed by atoms with Gasteiger partial charge in [-0.25, -0.2) is 4.79 Å². The van der Waals surface area contributed by atoms with Crippen molar-refractivity contribution in [2.24, 2.45) is 0 Å². The number of unbranched alkanes of at least 4 members (excludes halogenated alkanes) is 14. The van der Waals surface area contributed by atoms with Crippen LogP contribution in [0, 0.1) is 0 Å². The highest BCUT2D eigenvalue weighted by Crippen LogP contribution is 2.33. The number of carbonyl (C=O) groups is 1. The average Bonchev–Trinajstić information content (AvgIpc) is 2.78. The SMILES string of the molecule is CCCCCCCCCCCCCCCCCC(COP(O)OCC[N+](C)(C)C)OC(=O)NC. The zero-order valence-corrected chi connectivity index (χ0v) is 23.9. The Morgan fingerprint density at radius 1 is 0.824 bits per heavy atom. The van der Waals surface area contributed by atoms with E-state index in [0.717, 1.165) is 30.3 Å². The summed E-state index contributed by atoms with van der Waals surface area (Å²) in [5.74, 6) is 0. The molecule has 0 bridgehead atoms. The fourth-order valence-electron chi connectivity index (χ4n) is 3.71. The van der Waals surface area contributed by atoms with Crippen molar-refractivity contribution in [3.63, 3.8) is 0 Å². The van der Waals surface area contributed by atoms with Crippen LogP contribution in [0.15, 0.2) is 0 Å². The first-order valence-electron chi connectivity index (χ1n) is 13.7. The number of quaternary nitrogens is 1. The van der Waals surface area contributed by atoms with Gasteiger partial charge >= 0.3 is 14.7 Å². The van der Waals surface area contributed by atoms with E-state index in [0.29, 0.717) is 6.61 Å². The summed E-state index contributed by atoms with van der Waals surface area (Å²) in [5.41, 5.74) is 0. The number of nitrogens with one attached hydrogen (secondary N) is 1. The molecule has 2 unspecified atom stereocenters. The molecule has 0 aliphatic rings. The molecule has 0 aliphatic heterocycles. The molecule has 0 aromatic rings. The fraction of sp³-hybridized carbons (Fsp3) is 0.962. The molecule has 0 aliphatic carbocycles. The Morgan fingerprint density at radius 3 is 1.74 bits per heavy atom. The van der Waals surface area contributed by atoms with Gasteiger partial charge < -0.3 is 28.5 Å². The van der Waals surface area contributed by atoms with E-state index in [4.69, 9.17) is 13.8 Å². The Kier molecular flexibility index (Phi) is 22.7. The molecule has 0 fully saturated rings. The standard InChI is InChI=1S/C26H55N2O5P/c1-6-7-8-9-10-11-12-13-14-15-16-17-18-19-20-21-25(33-26(29)27-2)24-32-34(30)31-23-22-28(3,4)5/h25,30H,6-24H2,1-5H3/p+1. The minimum Gasteiger partial charge on any atom is -0.444 e. The molecule has 0 rings (SSSR count). The molecule has 2 atom stereocenters. The molecule has 34 heavy (non-hydrogen) atoms. The van der Waals surface area contributed by atoms with Gasteiger partial charge in [0.2, 0.25) is 0 Å². The minimum absolute atomic E-state index is 0.151. The lowest BCUT2D eigenvalue weighted by Crippen LogP contribution is -2.37. The number of likely N-dealkylation sites (N-methyl/N-ethyl adjacent to an activating group) is 1. The fourth-order valence-corrected chi connectivity index (χ4v) is 4.31. The Morgan fingerprint density at radius 2 is 1.29 bits per heavy atom. The normalized spacial score (nSPS) is 13.6. The van der Waals surface area contributed by atoms with Crippen molar-refractivity contribution in [3.8, 4) is 0 Å². The second-order valence-electron chi connectivity index (χ2n) is 10.4. The largest absolute Gasteiger partial charge is 0.444 e. The van der Waals surface area contributed by atoms with Crippen molar-refractivity contribution in [3.05, 3.63) is 0 Å². The van der Waals surface area contributed by atoms with Crippen LogP contribution in [0.2, 0.25) is 0 Å². The van der Waals surface area contributed by atoms with Crippen LogP contribution in [0.4, 0.5) is 4.79 Å². The molecule has 0 aromatic heterocycles. The molecule has 0 saturated heterocycles. The molecule has 2 N–H and O–H groups in total. The number of rotatable bonds is 24. The Balaban J connectivity index is 3.77. The summed E-state index contributed by atoms with van der Waals surface area (Å²) in [7, 11) is 5.78. The number of hydrogen-bond acceptors (Lipinski definition) is 5. The summed E-state index contributed by atoms with van der Waals surface area (Å²) in [6, 6.07) is 0. The summed E-state index contributed by atoms with van der Waals surface area (Å²) < 4.78 is 16.9. The molecular formula is C26H56N2O5P+. The number of alkyl carbamates (subject to hydrolysis) is 1. The molecule has 0 aromatic carbocycles. The third-order valence-corrected chi connectivity index (χ3v) is 6.72. The van der Waals surface area contributed by atoms with Crippen LogP contribution in [0.1, 0.15) is 110 Å². The minimum atomic E-state index is -1.96. The molecule has 0 radical (unpaired) electrons. The van der Waals surface area contributed by atoms with Gasteiger partial charge in [-0.3, -0.25) is 0 Å². The monoisotopic (exact) mass is 507 g/mol. The average molecular weight is 508 g/mol. The first kappa shape index (κ1) is 33.5. The van der Waals surface area contributed by atoms with E-state index in [-0.39, 0.29) is 12.7 Å². The topological polar surface area (TPSA) is 77.0 Å². The Labute approximate surface area is 211 Å². The zero-order valence-electron chi connectivity index (χ0n) is 23.0. The van der Waals surface area contributed by atoms with Crippen LogP contribution in [0.25, 0.3) is 0 Å². The van der Waals surface area contributed by atoms with E-state index in [1.54, 1.807) is 7.05 Å². The zero-order chi connectivity index (χ0) is 25.5. The van der Waals surface area contributed by atoms with Crippen molar-refractivity contribution in [2.75, 3.05) is 47.9 Å². The van der Waals surface area contributed by atoms with Crippen molar-refractivity contribution in [2.45, 2.75) is 116 Å². The van der Waals surface area contributed by atoms with Gasteiger partial charge in [0.1, 0.15) is 19.3 Å². The van der Waals surface area contributed by atoms with Gasteiger partial charge in [-0.2, -0.15) is 0 Å². The Bertz CT molecular complexity index is 463. The predicted octanol–water partition coefficient (Wildman–Crippen LogP) is 6.93. The van der Waals surface area contributed by atoms with Gasteiger partial charge in [-0.15, -0.1) is 0 Å². The van der Waals surface area contributed by atoms with Crippen LogP contribution in [0.5, 0.6) is 0 Å². The van der Waals surface area contributed by atoms with Gasteiger partial charge in [0.25, 0.3) is 0 Å². The highest BCUT2D eigenvalue weighted by atomic mass is 31.2. The van der Waals surface area contributed by atoms with Gasteiger partial charge in [-0.1, -0.05) is 96.8 Å². The first-order valence-corrected chi connectivity index (χ1v) is 14.8.